The molecule has 6 aromatic carbocycles. The molecule has 60 heavy (non-hydrogen) atoms. The predicted octanol–water partition coefficient (Wildman–Crippen LogP) is 11.6. The van der Waals surface area contributed by atoms with E-state index in [4.69, 9.17) is 14.7 Å². The van der Waals surface area contributed by atoms with Crippen molar-refractivity contribution in [3.8, 4) is 33.4 Å². The average molecular weight is 793 g/mol. The van der Waals surface area contributed by atoms with Crippen molar-refractivity contribution in [2.24, 2.45) is 11.8 Å². The Morgan fingerprint density at radius 3 is 1.37 bits per heavy atom. The molecule has 0 spiro atoms. The number of carbonyl (C=O) groups is 2. The Bertz CT molecular complexity index is 3110. The maximum atomic E-state index is 13.2. The summed E-state index contributed by atoms with van der Waals surface area (Å²) in [5.41, 5.74) is 9.87. The van der Waals surface area contributed by atoms with Gasteiger partial charge >= 0.3 is 12.2 Å². The first kappa shape index (κ1) is 35.3. The molecule has 0 bridgehead atoms. The van der Waals surface area contributed by atoms with Crippen LogP contribution in [0.3, 0.4) is 0 Å². The Kier molecular flexibility index (Phi) is 7.45. The van der Waals surface area contributed by atoms with Crippen LogP contribution in [0.25, 0.3) is 77.0 Å². The molecule has 10 heteroatoms. The number of fused-ring (bicyclic) bond motifs is 6. The average Bonchev–Trinajstić information content (AvgIpc) is 3.88. The summed E-state index contributed by atoms with van der Waals surface area (Å²) in [5, 5.41) is 14.5. The number of rotatable bonds is 5. The monoisotopic (exact) mass is 792 g/mol. The fourth-order valence-electron chi connectivity index (χ4n) is 10.2. The van der Waals surface area contributed by atoms with Crippen molar-refractivity contribution < 1.29 is 19.4 Å². The van der Waals surface area contributed by atoms with Crippen LogP contribution in [0.2, 0.25) is 0 Å². The second-order valence-electron chi connectivity index (χ2n) is 18.5. The number of amides is 2. The molecule has 4 aliphatic rings. The standard InChI is InChI=1S/C50H44N6O4/c1-50(2,3)60-49(59)56-43-23-37(43)25-45(56)47-52-39-15-13-35(21-41(39)54-47)33-11-9-29-17-27(5-7-31(29)19-33)26-4-6-30-18-32(10-8-28(30)16-26)34-12-14-38-40(20-34)53-46(51-38)44-24-36-22-42(36)55(44)48(57)58/h4-21,36-37,42-45H,22-25H2,1-3H3,(H,51,53)(H,52,54)(H,57,58)/t36-,37-,42-,43-,44+,45+/m1/s1. The smallest absolute Gasteiger partial charge is 0.411 e. The maximum absolute atomic E-state index is 13.2. The van der Waals surface area contributed by atoms with Gasteiger partial charge in [0.05, 0.1) is 34.2 Å². The van der Waals surface area contributed by atoms with Crippen molar-refractivity contribution in [3.63, 3.8) is 0 Å². The van der Waals surface area contributed by atoms with E-state index in [2.05, 4.69) is 113 Å². The molecule has 4 heterocycles. The fourth-order valence-corrected chi connectivity index (χ4v) is 10.2. The second-order valence-corrected chi connectivity index (χ2v) is 18.5. The van der Waals surface area contributed by atoms with Gasteiger partial charge in [0.25, 0.3) is 0 Å². The minimum Gasteiger partial charge on any atom is -0.465 e. The van der Waals surface area contributed by atoms with E-state index in [9.17, 15) is 14.7 Å². The van der Waals surface area contributed by atoms with Crippen LogP contribution in [0.4, 0.5) is 9.59 Å². The van der Waals surface area contributed by atoms with E-state index in [0.717, 1.165) is 92.6 Å². The Labute approximate surface area is 346 Å². The van der Waals surface area contributed by atoms with Gasteiger partial charge in [-0.3, -0.25) is 9.80 Å². The second kappa shape index (κ2) is 12.7. The molecule has 12 rings (SSSR count). The maximum Gasteiger partial charge on any atom is 0.411 e. The third-order valence-electron chi connectivity index (χ3n) is 13.3. The normalized spacial score (nSPS) is 23.1. The van der Waals surface area contributed by atoms with Gasteiger partial charge in [-0.2, -0.15) is 0 Å². The highest BCUT2D eigenvalue weighted by Crippen LogP contribution is 2.54. The first-order valence-corrected chi connectivity index (χ1v) is 21.1. The fraction of sp³-hybridized carbons (Fsp3) is 0.280. The number of hydrogen-bond acceptors (Lipinski definition) is 5. The molecule has 298 valence electrons. The summed E-state index contributed by atoms with van der Waals surface area (Å²) in [6, 6.07) is 39.2. The minimum atomic E-state index is -0.859. The van der Waals surface area contributed by atoms with Crippen LogP contribution in [0.1, 0.15) is 70.2 Å². The van der Waals surface area contributed by atoms with E-state index in [1.54, 1.807) is 4.90 Å². The van der Waals surface area contributed by atoms with Crippen molar-refractivity contribution in [3.05, 3.63) is 121 Å². The molecule has 0 unspecified atom stereocenters. The van der Waals surface area contributed by atoms with E-state index in [-0.39, 0.29) is 30.3 Å². The lowest BCUT2D eigenvalue weighted by Crippen LogP contribution is -2.38. The molecule has 6 atom stereocenters. The van der Waals surface area contributed by atoms with Crippen LogP contribution in [-0.2, 0) is 4.74 Å². The van der Waals surface area contributed by atoms with Gasteiger partial charge in [-0.25, -0.2) is 19.6 Å². The largest absolute Gasteiger partial charge is 0.465 e. The highest BCUT2D eigenvalue weighted by molar-refractivity contribution is 5.95. The van der Waals surface area contributed by atoms with Crippen LogP contribution in [0, 0.1) is 11.8 Å². The van der Waals surface area contributed by atoms with Gasteiger partial charge in [-0.1, -0.05) is 60.7 Å². The molecule has 2 saturated heterocycles. The third kappa shape index (κ3) is 5.91. The summed E-state index contributed by atoms with van der Waals surface area (Å²) in [7, 11) is 0. The zero-order chi connectivity index (χ0) is 40.6. The molecular formula is C50H44N6O4. The molecule has 10 nitrogen and oxygen atoms in total. The van der Waals surface area contributed by atoms with Crippen molar-refractivity contribution in [1.29, 1.82) is 0 Å². The van der Waals surface area contributed by atoms with Crippen LogP contribution in [0.5, 0.6) is 0 Å². The number of benzene rings is 6. The van der Waals surface area contributed by atoms with Crippen molar-refractivity contribution in [2.75, 3.05) is 0 Å². The SMILES string of the molecule is CC(C)(C)OC(=O)N1[C@@H]2C[C@@H]2C[C@H]1c1nc2ccc(-c3ccc4cc(-c5ccc6cc(-c7ccc8nc([C@@H]9C[C@H]%10C[C@H]%10N9C(=O)O)[nH]c8c7)ccc6c5)ccc4c3)cc2[nH]1. The van der Waals surface area contributed by atoms with E-state index >= 15 is 0 Å². The molecule has 2 amide bonds. The van der Waals surface area contributed by atoms with Gasteiger partial charge in [-0.05, 0) is 162 Å². The molecule has 3 N–H and O–H groups in total. The van der Waals surface area contributed by atoms with Crippen LogP contribution in [-0.4, -0.2) is 64.7 Å². The molecule has 2 saturated carbocycles. The van der Waals surface area contributed by atoms with E-state index in [0.29, 0.717) is 11.8 Å². The quantitative estimate of drug-likeness (QED) is 0.159. The number of imidazole rings is 2. The van der Waals surface area contributed by atoms with Crippen LogP contribution >= 0.6 is 0 Å². The summed E-state index contributed by atoms with van der Waals surface area (Å²) >= 11 is 0. The number of carbonyl (C=O) groups excluding carboxylic acids is 1. The number of likely N-dealkylation sites (tertiary alicyclic amines) is 2. The number of piperidine rings is 2. The topological polar surface area (TPSA) is 127 Å². The molecule has 2 aliphatic carbocycles. The van der Waals surface area contributed by atoms with Crippen molar-refractivity contribution >= 4 is 55.8 Å². The summed E-state index contributed by atoms with van der Waals surface area (Å²) in [5.74, 6) is 2.55. The Balaban J connectivity index is 0.774. The van der Waals surface area contributed by atoms with Gasteiger partial charge in [0, 0.05) is 12.1 Å². The number of H-pyrrole nitrogens is 2. The number of nitrogens with zero attached hydrogens (tertiary/aromatic N) is 4. The van der Waals surface area contributed by atoms with Crippen LogP contribution < -0.4 is 0 Å². The molecule has 4 fully saturated rings. The lowest BCUT2D eigenvalue weighted by Gasteiger charge is -2.29. The first-order chi connectivity index (χ1) is 29.0. The highest BCUT2D eigenvalue weighted by Gasteiger charge is 2.57. The zero-order valence-corrected chi connectivity index (χ0v) is 33.6. The number of aromatic amines is 2. The van der Waals surface area contributed by atoms with Gasteiger partial charge in [0.15, 0.2) is 0 Å². The third-order valence-corrected chi connectivity index (χ3v) is 13.3. The van der Waals surface area contributed by atoms with Gasteiger partial charge in [0.1, 0.15) is 17.2 Å². The van der Waals surface area contributed by atoms with Crippen molar-refractivity contribution in [2.45, 2.75) is 76.2 Å². The predicted molar refractivity (Wildman–Crippen MR) is 234 cm³/mol. The first-order valence-electron chi connectivity index (χ1n) is 21.1. The highest BCUT2D eigenvalue weighted by atomic mass is 16.6. The summed E-state index contributed by atoms with van der Waals surface area (Å²) in [4.78, 5) is 45.4. The molecular weight excluding hydrogens is 749 g/mol. The minimum absolute atomic E-state index is 0.101. The number of hydrogen-bond donors (Lipinski definition) is 3. The van der Waals surface area contributed by atoms with Crippen LogP contribution in [0.15, 0.2) is 109 Å². The van der Waals surface area contributed by atoms with E-state index in [1.807, 2.05) is 31.7 Å². The Morgan fingerprint density at radius 2 is 0.950 bits per heavy atom. The van der Waals surface area contributed by atoms with E-state index < -0.39 is 11.7 Å². The lowest BCUT2D eigenvalue weighted by molar-refractivity contribution is 0.0175. The van der Waals surface area contributed by atoms with Gasteiger partial charge in [-0.15, -0.1) is 0 Å². The number of nitrogens with one attached hydrogen (secondary N) is 2. The summed E-state index contributed by atoms with van der Waals surface area (Å²) in [6.45, 7) is 5.74. The molecule has 0 radical (unpaired) electrons. The number of carboxylic acid groups (broad SMARTS) is 1. The lowest BCUT2D eigenvalue weighted by atomic mass is 9.95. The number of aromatic nitrogens is 4. The molecule has 8 aromatic rings. The molecule has 2 aliphatic heterocycles. The van der Waals surface area contributed by atoms with E-state index in [1.165, 1.54) is 21.7 Å². The van der Waals surface area contributed by atoms with Gasteiger partial charge in [0.2, 0.25) is 0 Å². The van der Waals surface area contributed by atoms with Crippen molar-refractivity contribution in [1.82, 2.24) is 29.7 Å². The summed E-state index contributed by atoms with van der Waals surface area (Å²) < 4.78 is 5.79. The molecule has 2 aromatic heterocycles. The Morgan fingerprint density at radius 1 is 0.567 bits per heavy atom. The van der Waals surface area contributed by atoms with Gasteiger partial charge < -0.3 is 19.8 Å². The Hall–Kier alpha value is -6.68. The summed E-state index contributed by atoms with van der Waals surface area (Å²) in [6.07, 6.45) is 2.65. The zero-order valence-electron chi connectivity index (χ0n) is 33.6. The number of ether oxygens (including phenoxy) is 1.